The molecule has 0 aromatic rings. The van der Waals surface area contributed by atoms with E-state index >= 15 is 0 Å². The lowest BCUT2D eigenvalue weighted by Crippen LogP contribution is -2.51. The zero-order valence-electron chi connectivity index (χ0n) is 12.2. The van der Waals surface area contributed by atoms with Crippen molar-refractivity contribution in [2.45, 2.75) is 65.4 Å². The molecule has 1 aliphatic carbocycles. The summed E-state index contributed by atoms with van der Waals surface area (Å²) in [5, 5.41) is 11.0. The lowest BCUT2D eigenvalue weighted by Gasteiger charge is -2.45. The summed E-state index contributed by atoms with van der Waals surface area (Å²) >= 11 is 0. The molecule has 106 valence electrons. The van der Waals surface area contributed by atoms with E-state index in [4.69, 9.17) is 4.74 Å². The lowest BCUT2D eigenvalue weighted by molar-refractivity contribution is -0.169. The van der Waals surface area contributed by atoms with Gasteiger partial charge in [0.1, 0.15) is 0 Å². The van der Waals surface area contributed by atoms with E-state index in [0.717, 1.165) is 25.7 Å². The minimum atomic E-state index is -0.875. The first-order chi connectivity index (χ1) is 8.45. The number of carbonyl (C=O) groups is 1. The molecule has 3 nitrogen and oxygen atoms in total. The zero-order valence-corrected chi connectivity index (χ0v) is 12.2. The predicted octanol–water partition coefficient (Wildman–Crippen LogP) is 3.15. The molecule has 1 aliphatic rings. The minimum Gasteiger partial charge on any atom is -0.466 e. The molecule has 1 fully saturated rings. The number of carbonyl (C=O) groups excluding carboxylic acids is 1. The molecule has 0 radical (unpaired) electrons. The van der Waals surface area contributed by atoms with Crippen LogP contribution >= 0.6 is 0 Å². The first-order valence-electron chi connectivity index (χ1n) is 7.34. The Hall–Kier alpha value is -0.570. The van der Waals surface area contributed by atoms with Gasteiger partial charge in [0.2, 0.25) is 0 Å². The quantitative estimate of drug-likeness (QED) is 0.769. The molecule has 0 bridgehead atoms. The van der Waals surface area contributed by atoms with Crippen LogP contribution in [0.5, 0.6) is 0 Å². The molecule has 0 spiro atoms. The van der Waals surface area contributed by atoms with E-state index in [2.05, 4.69) is 13.8 Å². The Bertz CT molecular complexity index is 277. The van der Waals surface area contributed by atoms with E-state index in [1.54, 1.807) is 0 Å². The Morgan fingerprint density at radius 3 is 2.61 bits per heavy atom. The number of hydrogen-bond acceptors (Lipinski definition) is 3. The van der Waals surface area contributed by atoms with Gasteiger partial charge in [-0.2, -0.15) is 0 Å². The van der Waals surface area contributed by atoms with Crippen molar-refractivity contribution in [2.24, 2.45) is 17.8 Å². The van der Waals surface area contributed by atoms with Gasteiger partial charge in [-0.25, -0.2) is 0 Å². The van der Waals surface area contributed by atoms with Crippen molar-refractivity contribution in [3.63, 3.8) is 0 Å². The Morgan fingerprint density at radius 1 is 1.39 bits per heavy atom. The molecule has 0 amide bonds. The van der Waals surface area contributed by atoms with Gasteiger partial charge in [0.25, 0.3) is 0 Å². The summed E-state index contributed by atoms with van der Waals surface area (Å²) < 4.78 is 5.16. The van der Waals surface area contributed by atoms with Crippen LogP contribution < -0.4 is 0 Å². The van der Waals surface area contributed by atoms with Gasteiger partial charge in [-0.1, -0.05) is 33.6 Å². The first-order valence-corrected chi connectivity index (χ1v) is 7.34. The molecule has 0 aromatic heterocycles. The van der Waals surface area contributed by atoms with Crippen molar-refractivity contribution in [3.8, 4) is 0 Å². The summed E-state index contributed by atoms with van der Waals surface area (Å²) in [6.07, 6.45) is 4.47. The van der Waals surface area contributed by atoms with E-state index in [9.17, 15) is 9.90 Å². The van der Waals surface area contributed by atoms with Crippen LogP contribution in [0.15, 0.2) is 0 Å². The van der Waals surface area contributed by atoms with Gasteiger partial charge in [-0.15, -0.1) is 0 Å². The van der Waals surface area contributed by atoms with Crippen molar-refractivity contribution in [2.75, 3.05) is 6.61 Å². The number of hydrogen-bond donors (Lipinski definition) is 1. The van der Waals surface area contributed by atoms with E-state index in [0.29, 0.717) is 18.9 Å². The summed E-state index contributed by atoms with van der Waals surface area (Å²) in [6.45, 7) is 8.47. The topological polar surface area (TPSA) is 46.5 Å². The molecule has 0 heterocycles. The summed E-state index contributed by atoms with van der Waals surface area (Å²) in [4.78, 5) is 12.1. The molecule has 0 saturated heterocycles. The van der Waals surface area contributed by atoms with E-state index in [1.807, 2.05) is 13.8 Å². The van der Waals surface area contributed by atoms with E-state index < -0.39 is 5.60 Å². The highest BCUT2D eigenvalue weighted by Gasteiger charge is 2.48. The smallest absolute Gasteiger partial charge is 0.311 e. The van der Waals surface area contributed by atoms with Crippen LogP contribution in [0.1, 0.15) is 59.8 Å². The summed E-state index contributed by atoms with van der Waals surface area (Å²) in [5.74, 6) is 0.0811. The van der Waals surface area contributed by atoms with Crippen molar-refractivity contribution in [1.82, 2.24) is 0 Å². The number of ether oxygens (including phenoxy) is 1. The highest BCUT2D eigenvalue weighted by Crippen LogP contribution is 2.43. The van der Waals surface area contributed by atoms with Gasteiger partial charge in [-0.05, 0) is 38.0 Å². The fourth-order valence-electron chi connectivity index (χ4n) is 3.24. The van der Waals surface area contributed by atoms with Gasteiger partial charge in [-0.3, -0.25) is 4.79 Å². The van der Waals surface area contributed by atoms with Crippen molar-refractivity contribution in [1.29, 1.82) is 0 Å². The molecular weight excluding hydrogens is 228 g/mol. The second-order valence-corrected chi connectivity index (χ2v) is 5.87. The third kappa shape index (κ3) is 3.25. The SMILES string of the molecule is CCCC(C(=O)OCC)C1(O)CC(C)CCC1C. The number of rotatable bonds is 5. The Balaban J connectivity index is 2.90. The Morgan fingerprint density at radius 2 is 2.06 bits per heavy atom. The summed E-state index contributed by atoms with van der Waals surface area (Å²) in [5.41, 5.74) is -0.875. The second kappa shape index (κ2) is 6.55. The summed E-state index contributed by atoms with van der Waals surface area (Å²) in [6, 6.07) is 0. The highest BCUT2D eigenvalue weighted by atomic mass is 16.5. The van der Waals surface area contributed by atoms with Gasteiger partial charge in [0.05, 0.1) is 18.1 Å². The van der Waals surface area contributed by atoms with E-state index in [1.165, 1.54) is 0 Å². The number of esters is 1. The zero-order chi connectivity index (χ0) is 13.8. The van der Waals surface area contributed by atoms with E-state index in [-0.39, 0.29) is 17.8 Å². The molecule has 4 unspecified atom stereocenters. The Kier molecular flexibility index (Phi) is 5.64. The first kappa shape index (κ1) is 15.5. The maximum Gasteiger partial charge on any atom is 0.311 e. The fraction of sp³-hybridized carbons (Fsp3) is 0.933. The number of aliphatic hydroxyl groups is 1. The highest BCUT2D eigenvalue weighted by molar-refractivity contribution is 5.74. The second-order valence-electron chi connectivity index (χ2n) is 5.87. The largest absolute Gasteiger partial charge is 0.466 e. The average Bonchev–Trinajstić information content (AvgIpc) is 2.31. The van der Waals surface area contributed by atoms with Crippen LogP contribution in [-0.2, 0) is 9.53 Å². The van der Waals surface area contributed by atoms with Gasteiger partial charge in [0.15, 0.2) is 0 Å². The Labute approximate surface area is 111 Å². The molecule has 1 rings (SSSR count). The van der Waals surface area contributed by atoms with Crippen LogP contribution in [0.2, 0.25) is 0 Å². The van der Waals surface area contributed by atoms with Crippen LogP contribution in [0, 0.1) is 17.8 Å². The maximum absolute atomic E-state index is 12.1. The van der Waals surface area contributed by atoms with Gasteiger partial charge in [0, 0.05) is 0 Å². The molecule has 0 aliphatic heterocycles. The predicted molar refractivity (Wildman–Crippen MR) is 72.2 cm³/mol. The molecule has 18 heavy (non-hydrogen) atoms. The van der Waals surface area contributed by atoms with Crippen molar-refractivity contribution < 1.29 is 14.6 Å². The molecular formula is C15H28O3. The fourth-order valence-corrected chi connectivity index (χ4v) is 3.24. The van der Waals surface area contributed by atoms with Crippen LogP contribution in [0.3, 0.4) is 0 Å². The molecule has 4 atom stereocenters. The standard InChI is InChI=1S/C15H28O3/c1-5-7-13(14(16)18-6-2)15(17)10-11(3)8-9-12(15)4/h11-13,17H,5-10H2,1-4H3. The minimum absolute atomic E-state index is 0.176. The average molecular weight is 256 g/mol. The molecule has 1 saturated carbocycles. The normalized spacial score (nSPS) is 34.1. The van der Waals surface area contributed by atoms with Crippen molar-refractivity contribution >= 4 is 5.97 Å². The lowest BCUT2D eigenvalue weighted by atomic mass is 9.65. The maximum atomic E-state index is 12.1. The molecule has 0 aromatic carbocycles. The van der Waals surface area contributed by atoms with Crippen molar-refractivity contribution in [3.05, 3.63) is 0 Å². The van der Waals surface area contributed by atoms with Gasteiger partial charge < -0.3 is 9.84 Å². The molecule has 1 N–H and O–H groups in total. The van der Waals surface area contributed by atoms with Crippen LogP contribution in [-0.4, -0.2) is 23.3 Å². The molecule has 3 heteroatoms. The van der Waals surface area contributed by atoms with Crippen LogP contribution in [0.25, 0.3) is 0 Å². The monoisotopic (exact) mass is 256 g/mol. The third-order valence-corrected chi connectivity index (χ3v) is 4.37. The third-order valence-electron chi connectivity index (χ3n) is 4.37. The van der Waals surface area contributed by atoms with Gasteiger partial charge >= 0.3 is 5.97 Å². The van der Waals surface area contributed by atoms with Crippen LogP contribution in [0.4, 0.5) is 0 Å². The summed E-state index contributed by atoms with van der Waals surface area (Å²) in [7, 11) is 0.